The molecule has 0 aliphatic rings. The first-order valence-corrected chi connectivity index (χ1v) is 7.96. The first kappa shape index (κ1) is 16.5. The summed E-state index contributed by atoms with van der Waals surface area (Å²) in [7, 11) is 0. The molecule has 0 aliphatic carbocycles. The van der Waals surface area contributed by atoms with Crippen molar-refractivity contribution in [3.8, 4) is 0 Å². The molecule has 8 nitrogen and oxygen atoms in total. The van der Waals surface area contributed by atoms with Crippen molar-refractivity contribution in [2.45, 2.75) is 0 Å². The van der Waals surface area contributed by atoms with Gasteiger partial charge in [0.15, 0.2) is 17.8 Å². The third kappa shape index (κ3) is 3.15. The summed E-state index contributed by atoms with van der Waals surface area (Å²) in [6.07, 6.45) is 0. The fraction of sp³-hybridized carbons (Fsp3) is 0.0526. The summed E-state index contributed by atoms with van der Waals surface area (Å²) >= 11 is 0. The fourth-order valence-electron chi connectivity index (χ4n) is 2.70. The average Bonchev–Trinajstić information content (AvgIpc) is 3.04. The van der Waals surface area contributed by atoms with Crippen LogP contribution in [-0.4, -0.2) is 28.3 Å². The van der Waals surface area contributed by atoms with Gasteiger partial charge in [-0.1, -0.05) is 12.1 Å². The third-order valence-electron chi connectivity index (χ3n) is 4.01. The number of carbonyl (C=O) groups is 2. The lowest BCUT2D eigenvalue weighted by Gasteiger charge is -2.05. The van der Waals surface area contributed by atoms with E-state index in [1.165, 1.54) is 12.1 Å². The van der Waals surface area contributed by atoms with Gasteiger partial charge in [-0.25, -0.2) is 9.59 Å². The Labute approximate surface area is 150 Å². The van der Waals surface area contributed by atoms with Gasteiger partial charge >= 0.3 is 11.7 Å². The molecule has 2 heterocycles. The van der Waals surface area contributed by atoms with Crippen LogP contribution in [0.25, 0.3) is 22.0 Å². The summed E-state index contributed by atoms with van der Waals surface area (Å²) in [5.41, 5.74) is 0.796. The van der Waals surface area contributed by atoms with Gasteiger partial charge in [-0.3, -0.25) is 9.59 Å². The first-order chi connectivity index (χ1) is 13.0. The monoisotopic (exact) mass is 364 g/mol. The predicted octanol–water partition coefficient (Wildman–Crippen LogP) is 2.00. The molecular formula is C19H12N2O6. The summed E-state index contributed by atoms with van der Waals surface area (Å²) < 4.78 is 10.3. The van der Waals surface area contributed by atoms with Crippen molar-refractivity contribution in [1.82, 2.24) is 9.97 Å². The minimum Gasteiger partial charge on any atom is -0.451 e. The molecule has 0 spiro atoms. The van der Waals surface area contributed by atoms with Crippen LogP contribution in [0.3, 0.4) is 0 Å². The topological polar surface area (TPSA) is 122 Å². The van der Waals surface area contributed by atoms with Gasteiger partial charge in [0.25, 0.3) is 0 Å². The van der Waals surface area contributed by atoms with Crippen LogP contribution in [0.5, 0.6) is 0 Å². The van der Waals surface area contributed by atoms with Crippen molar-refractivity contribution in [3.05, 3.63) is 80.6 Å². The van der Waals surface area contributed by atoms with Gasteiger partial charge in [-0.15, -0.1) is 0 Å². The summed E-state index contributed by atoms with van der Waals surface area (Å²) in [5, 5.41) is 0.346. The second-order valence-corrected chi connectivity index (χ2v) is 5.81. The van der Waals surface area contributed by atoms with Crippen LogP contribution in [0.1, 0.15) is 20.9 Å². The Morgan fingerprint density at radius 2 is 1.74 bits per heavy atom. The number of fused-ring (bicyclic) bond motifs is 2. The zero-order valence-corrected chi connectivity index (χ0v) is 13.8. The van der Waals surface area contributed by atoms with Gasteiger partial charge in [0.05, 0.1) is 16.4 Å². The Hall–Kier alpha value is -3.94. The molecule has 4 rings (SSSR count). The van der Waals surface area contributed by atoms with E-state index in [0.717, 1.165) is 6.07 Å². The van der Waals surface area contributed by atoms with Crippen molar-refractivity contribution in [1.29, 1.82) is 0 Å². The number of rotatable bonds is 4. The Bertz CT molecular complexity index is 1310. The van der Waals surface area contributed by atoms with Gasteiger partial charge in [0, 0.05) is 11.6 Å². The summed E-state index contributed by atoms with van der Waals surface area (Å²) in [4.78, 5) is 52.8. The highest BCUT2D eigenvalue weighted by molar-refractivity contribution is 6.01. The molecule has 0 atom stereocenters. The molecule has 8 heteroatoms. The molecule has 134 valence electrons. The second kappa shape index (κ2) is 6.41. The molecule has 0 saturated heterocycles. The van der Waals surface area contributed by atoms with Gasteiger partial charge in [-0.2, -0.15) is 0 Å². The minimum absolute atomic E-state index is 0.255. The number of aromatic nitrogens is 2. The maximum atomic E-state index is 12.2. The number of hydrogen-bond acceptors (Lipinski definition) is 6. The van der Waals surface area contributed by atoms with Crippen molar-refractivity contribution in [2.24, 2.45) is 0 Å². The number of Topliss-reactive ketones (excluding diaryl/α,β-unsaturated/α-hetero) is 1. The molecule has 0 fully saturated rings. The van der Waals surface area contributed by atoms with Gasteiger partial charge in [0.2, 0.25) is 5.76 Å². The largest absolute Gasteiger partial charge is 0.451 e. The highest BCUT2D eigenvalue weighted by atomic mass is 16.5. The van der Waals surface area contributed by atoms with Crippen LogP contribution in [0.2, 0.25) is 0 Å². The fourth-order valence-corrected chi connectivity index (χ4v) is 2.70. The Kier molecular flexibility index (Phi) is 3.92. The molecule has 4 aromatic rings. The van der Waals surface area contributed by atoms with E-state index in [0.29, 0.717) is 16.4 Å². The van der Waals surface area contributed by atoms with Crippen LogP contribution in [0.15, 0.2) is 62.5 Å². The van der Waals surface area contributed by atoms with Gasteiger partial charge in [0.1, 0.15) is 5.58 Å². The normalized spacial score (nSPS) is 11.0. The Balaban J connectivity index is 1.52. The average molecular weight is 364 g/mol. The van der Waals surface area contributed by atoms with Crippen LogP contribution in [-0.2, 0) is 4.74 Å². The van der Waals surface area contributed by atoms with E-state index >= 15 is 0 Å². The number of ketones is 1. The van der Waals surface area contributed by atoms with Crippen molar-refractivity contribution in [3.63, 3.8) is 0 Å². The number of carbonyl (C=O) groups excluding carboxylic acids is 2. The van der Waals surface area contributed by atoms with E-state index in [9.17, 15) is 19.2 Å². The summed E-state index contributed by atoms with van der Waals surface area (Å²) in [5.74, 6) is -1.66. The number of esters is 1. The molecule has 0 unspecified atom stereocenters. The van der Waals surface area contributed by atoms with E-state index < -0.39 is 18.4 Å². The van der Waals surface area contributed by atoms with Crippen molar-refractivity contribution in [2.75, 3.05) is 6.61 Å². The van der Waals surface area contributed by atoms with E-state index in [1.807, 2.05) is 0 Å². The number of ether oxygens (including phenoxy) is 1. The lowest BCUT2D eigenvalue weighted by Crippen LogP contribution is -2.16. The lowest BCUT2D eigenvalue weighted by molar-refractivity contribution is 0.0444. The maximum Gasteiger partial charge on any atom is 0.374 e. The zero-order chi connectivity index (χ0) is 19.0. The second-order valence-electron chi connectivity index (χ2n) is 5.81. The maximum absolute atomic E-state index is 12.2. The molecule has 0 radical (unpaired) electrons. The van der Waals surface area contributed by atoms with E-state index in [2.05, 4.69) is 9.97 Å². The van der Waals surface area contributed by atoms with Crippen LogP contribution >= 0.6 is 0 Å². The molecule has 0 saturated carbocycles. The number of H-pyrrole nitrogens is 2. The zero-order valence-electron chi connectivity index (χ0n) is 13.8. The van der Waals surface area contributed by atoms with E-state index in [4.69, 9.17) is 9.15 Å². The first-order valence-electron chi connectivity index (χ1n) is 7.96. The smallest absolute Gasteiger partial charge is 0.374 e. The standard InChI is InChI=1S/C19H12N2O6/c22-14-8-17(27-16-4-2-1-3-11(14)16)18(24)26-9-15(23)10-5-6-12-13(7-10)21-19(25)20-12/h1-8H,9H2,(H2,20,21,25). The highest BCUT2D eigenvalue weighted by Gasteiger charge is 2.16. The number of benzene rings is 2. The predicted molar refractivity (Wildman–Crippen MR) is 96.0 cm³/mol. The Morgan fingerprint density at radius 1 is 0.963 bits per heavy atom. The molecule has 2 N–H and O–H groups in total. The molecule has 0 amide bonds. The lowest BCUT2D eigenvalue weighted by atomic mass is 10.1. The van der Waals surface area contributed by atoms with E-state index in [-0.39, 0.29) is 28.0 Å². The van der Waals surface area contributed by atoms with Crippen LogP contribution in [0.4, 0.5) is 0 Å². The molecule has 0 bridgehead atoms. The van der Waals surface area contributed by atoms with Crippen molar-refractivity contribution >= 4 is 33.8 Å². The summed E-state index contributed by atoms with van der Waals surface area (Å²) in [6.45, 7) is -0.532. The molecule has 2 aromatic carbocycles. The van der Waals surface area contributed by atoms with Gasteiger partial charge in [-0.05, 0) is 30.3 Å². The number of nitrogens with one attached hydrogen (secondary N) is 2. The number of imidazole rings is 1. The van der Waals surface area contributed by atoms with Crippen LogP contribution < -0.4 is 11.1 Å². The molecule has 2 aromatic heterocycles. The Morgan fingerprint density at radius 3 is 2.59 bits per heavy atom. The minimum atomic E-state index is -0.915. The van der Waals surface area contributed by atoms with Crippen LogP contribution in [0, 0.1) is 0 Å². The number of hydrogen-bond donors (Lipinski definition) is 2. The molecule has 27 heavy (non-hydrogen) atoms. The summed E-state index contributed by atoms with van der Waals surface area (Å²) in [6, 6.07) is 12.1. The quantitative estimate of drug-likeness (QED) is 0.422. The third-order valence-corrected chi connectivity index (χ3v) is 4.01. The van der Waals surface area contributed by atoms with Gasteiger partial charge < -0.3 is 19.1 Å². The molecule has 0 aliphatic heterocycles. The number of para-hydroxylation sites is 1. The van der Waals surface area contributed by atoms with Crippen molar-refractivity contribution < 1.29 is 18.7 Å². The number of aromatic amines is 2. The SMILES string of the molecule is O=C(COC(=O)c1cc(=O)c2ccccc2o1)c1ccc2[nH]c(=O)[nH]c2c1. The highest BCUT2D eigenvalue weighted by Crippen LogP contribution is 2.14. The molecular weight excluding hydrogens is 352 g/mol. The van der Waals surface area contributed by atoms with E-state index in [1.54, 1.807) is 30.3 Å².